The van der Waals surface area contributed by atoms with Crippen LogP contribution in [0.4, 0.5) is 0 Å². The highest BCUT2D eigenvalue weighted by molar-refractivity contribution is 7.59. The Morgan fingerprint density at radius 2 is 0.871 bits per heavy atom. The third-order valence-electron chi connectivity index (χ3n) is 8.84. The number of unbranched alkanes of at least 4 members (excludes halogenated alkanes) is 5. The van der Waals surface area contributed by atoms with Crippen molar-refractivity contribution in [3.05, 3.63) is 0 Å². The second kappa shape index (κ2) is 16.5. The zero-order valence-corrected chi connectivity index (χ0v) is 23.1. The Kier molecular flexibility index (Phi) is 14.1. The molecule has 0 aliphatic heterocycles. The predicted octanol–water partition coefficient (Wildman–Crippen LogP) is 10.7. The molecule has 3 saturated carbocycles. The van der Waals surface area contributed by atoms with Gasteiger partial charge >= 0.3 is 0 Å². The van der Waals surface area contributed by atoms with E-state index in [2.05, 4.69) is 6.92 Å². The molecule has 3 fully saturated rings. The Balaban J connectivity index is 1.43. The second-order valence-electron chi connectivity index (χ2n) is 11.3. The summed E-state index contributed by atoms with van der Waals surface area (Å²) in [6.07, 6.45) is 39.1. The maximum Gasteiger partial charge on any atom is -0.0207 e. The molecule has 0 aromatic rings. The average molecular weight is 467 g/mol. The smallest absolute Gasteiger partial charge is 0.0207 e. The summed E-state index contributed by atoms with van der Waals surface area (Å²) in [5.41, 5.74) is 3.50. The van der Waals surface area contributed by atoms with E-state index in [0.717, 1.165) is 5.66 Å². The average Bonchev–Trinajstić information content (AvgIpc) is 2.84. The van der Waals surface area contributed by atoms with Gasteiger partial charge in [-0.05, 0) is 93.3 Å². The van der Waals surface area contributed by atoms with E-state index >= 15 is 0 Å². The van der Waals surface area contributed by atoms with Gasteiger partial charge in [0.15, 0.2) is 0 Å². The van der Waals surface area contributed by atoms with Crippen molar-refractivity contribution < 1.29 is 0 Å². The highest BCUT2D eigenvalue weighted by atomic mass is 31.1. The van der Waals surface area contributed by atoms with Gasteiger partial charge in [-0.25, -0.2) is 0 Å². The summed E-state index contributed by atoms with van der Waals surface area (Å²) in [4.78, 5) is 0. The summed E-state index contributed by atoms with van der Waals surface area (Å²) in [7, 11) is 0.695. The molecule has 0 bridgehead atoms. The monoisotopic (exact) mass is 466 g/mol. The lowest BCUT2D eigenvalue weighted by Gasteiger charge is -2.39. The number of rotatable bonds is 14. The van der Waals surface area contributed by atoms with Crippen molar-refractivity contribution in [2.75, 3.05) is 18.5 Å². The van der Waals surface area contributed by atoms with E-state index in [-0.39, 0.29) is 0 Å². The van der Waals surface area contributed by atoms with Crippen LogP contribution >= 0.6 is 15.8 Å². The molecule has 1 unspecified atom stereocenters. The summed E-state index contributed by atoms with van der Waals surface area (Å²) >= 11 is 0. The van der Waals surface area contributed by atoms with Gasteiger partial charge in [0.1, 0.15) is 0 Å². The van der Waals surface area contributed by atoms with Crippen LogP contribution in [0, 0.1) is 0 Å². The van der Waals surface area contributed by atoms with Crippen molar-refractivity contribution in [2.45, 2.75) is 165 Å². The normalized spacial score (nSPS) is 23.4. The van der Waals surface area contributed by atoms with Crippen molar-refractivity contribution in [1.82, 2.24) is 0 Å². The molecule has 0 heterocycles. The number of hydrogen-bond acceptors (Lipinski definition) is 0. The van der Waals surface area contributed by atoms with Crippen molar-refractivity contribution in [3.63, 3.8) is 0 Å². The van der Waals surface area contributed by atoms with Gasteiger partial charge in [-0.2, -0.15) is 0 Å². The van der Waals surface area contributed by atoms with Gasteiger partial charge in [-0.1, -0.05) is 90.4 Å². The molecule has 3 aliphatic rings. The summed E-state index contributed by atoms with van der Waals surface area (Å²) < 4.78 is 0. The fraction of sp³-hybridized carbons (Fsp3) is 1.00. The topological polar surface area (TPSA) is 0 Å². The van der Waals surface area contributed by atoms with E-state index in [1.54, 1.807) is 115 Å². The van der Waals surface area contributed by atoms with E-state index in [1.807, 2.05) is 0 Å². The first-order valence-corrected chi connectivity index (χ1v) is 18.3. The van der Waals surface area contributed by atoms with Gasteiger partial charge < -0.3 is 0 Å². The van der Waals surface area contributed by atoms with Crippen LogP contribution in [0.5, 0.6) is 0 Å². The summed E-state index contributed by atoms with van der Waals surface area (Å²) in [5, 5.41) is 0. The maximum absolute atomic E-state index is 2.35. The minimum atomic E-state index is 0.347. The molecule has 0 saturated heterocycles. The molecule has 1 atom stereocenters. The lowest BCUT2D eigenvalue weighted by molar-refractivity contribution is 0.483. The van der Waals surface area contributed by atoms with Crippen LogP contribution in [0.2, 0.25) is 0 Å². The molecule has 0 radical (unpaired) electrons. The minimum Gasteiger partial charge on any atom is -0.104 e. The fourth-order valence-corrected chi connectivity index (χ4v) is 14.2. The lowest BCUT2D eigenvalue weighted by atomic mass is 9.99. The fourth-order valence-electron chi connectivity index (χ4n) is 6.94. The van der Waals surface area contributed by atoms with Gasteiger partial charge in [-0.15, -0.1) is 15.8 Å². The second-order valence-corrected chi connectivity index (χ2v) is 17.0. The standard InChI is InChI=1S/C29H56P2/c1-2-3-4-5-15-24-30(27-18-9-6-10-19-27)25-16-17-26-31(28-20-11-7-12-21-28)29-22-13-8-14-23-29/h27-29H,2-26H2,1H3. The predicted molar refractivity (Wildman–Crippen MR) is 147 cm³/mol. The molecule has 0 amide bonds. The van der Waals surface area contributed by atoms with E-state index in [1.165, 1.54) is 56.3 Å². The van der Waals surface area contributed by atoms with Crippen molar-refractivity contribution in [2.24, 2.45) is 0 Å². The Labute approximate surface area is 199 Å². The molecular weight excluding hydrogens is 410 g/mol. The van der Waals surface area contributed by atoms with Crippen LogP contribution < -0.4 is 0 Å². The molecule has 3 aliphatic carbocycles. The molecule has 0 spiro atoms. The largest absolute Gasteiger partial charge is 0.104 e. The van der Waals surface area contributed by atoms with Gasteiger partial charge in [0.25, 0.3) is 0 Å². The third kappa shape index (κ3) is 9.94. The van der Waals surface area contributed by atoms with Crippen LogP contribution in [0.15, 0.2) is 0 Å². The minimum absolute atomic E-state index is 0.347. The van der Waals surface area contributed by atoms with Crippen molar-refractivity contribution in [3.8, 4) is 0 Å². The third-order valence-corrected chi connectivity index (χ3v) is 15.9. The molecule has 0 N–H and O–H groups in total. The SMILES string of the molecule is CCCCCCCP(CCCCP(C1CCCCC1)C1CCCCC1)C1CCCCC1. The van der Waals surface area contributed by atoms with Crippen molar-refractivity contribution >= 4 is 15.8 Å². The molecular formula is C29H56P2. The van der Waals surface area contributed by atoms with Gasteiger partial charge in [-0.3, -0.25) is 0 Å². The number of hydrogen-bond donors (Lipinski definition) is 0. The highest BCUT2D eigenvalue weighted by Gasteiger charge is 2.30. The van der Waals surface area contributed by atoms with E-state index in [9.17, 15) is 0 Å². The first-order chi connectivity index (χ1) is 15.4. The van der Waals surface area contributed by atoms with E-state index < -0.39 is 0 Å². The Hall–Kier alpha value is 0.860. The zero-order valence-electron chi connectivity index (χ0n) is 21.3. The molecule has 0 nitrogen and oxygen atoms in total. The molecule has 0 aromatic carbocycles. The highest BCUT2D eigenvalue weighted by Crippen LogP contribution is 2.56. The van der Waals surface area contributed by atoms with Crippen LogP contribution in [-0.4, -0.2) is 35.5 Å². The van der Waals surface area contributed by atoms with Gasteiger partial charge in [0.2, 0.25) is 0 Å². The van der Waals surface area contributed by atoms with Gasteiger partial charge in [0, 0.05) is 0 Å². The van der Waals surface area contributed by atoms with E-state index in [0.29, 0.717) is 15.8 Å². The van der Waals surface area contributed by atoms with Crippen LogP contribution in [0.1, 0.15) is 148 Å². The van der Waals surface area contributed by atoms with Crippen LogP contribution in [0.25, 0.3) is 0 Å². The maximum atomic E-state index is 2.35. The first-order valence-electron chi connectivity index (χ1n) is 14.9. The molecule has 31 heavy (non-hydrogen) atoms. The Bertz CT molecular complexity index is 400. The zero-order chi connectivity index (χ0) is 21.6. The molecule has 2 heteroatoms. The van der Waals surface area contributed by atoms with E-state index in [4.69, 9.17) is 0 Å². The van der Waals surface area contributed by atoms with Crippen LogP contribution in [-0.2, 0) is 0 Å². The first kappa shape index (κ1) is 26.5. The Morgan fingerprint density at radius 1 is 0.452 bits per heavy atom. The summed E-state index contributed by atoms with van der Waals surface area (Å²) in [6.45, 7) is 2.35. The quantitative estimate of drug-likeness (QED) is 0.176. The lowest BCUT2D eigenvalue weighted by Crippen LogP contribution is -2.22. The summed E-state index contributed by atoms with van der Waals surface area (Å²) in [5.74, 6) is 0. The molecule has 182 valence electrons. The van der Waals surface area contributed by atoms with Crippen molar-refractivity contribution in [1.29, 1.82) is 0 Å². The summed E-state index contributed by atoms with van der Waals surface area (Å²) in [6, 6.07) is 0. The molecule has 3 rings (SSSR count). The van der Waals surface area contributed by atoms with Gasteiger partial charge in [0.05, 0.1) is 0 Å². The Morgan fingerprint density at radius 3 is 1.39 bits per heavy atom. The molecule has 0 aromatic heterocycles. The van der Waals surface area contributed by atoms with Crippen LogP contribution in [0.3, 0.4) is 0 Å².